The van der Waals surface area contributed by atoms with Crippen LogP contribution in [0.25, 0.3) is 10.6 Å². The normalized spacial score (nSPS) is 11.1. The molecule has 1 aromatic carbocycles. The molecule has 2 aromatic heterocycles. The van der Waals surface area contributed by atoms with Crippen molar-refractivity contribution in [3.63, 3.8) is 0 Å². The molecule has 3 rings (SSSR count). The van der Waals surface area contributed by atoms with Crippen molar-refractivity contribution in [2.45, 2.75) is 20.3 Å². The number of aromatic nitrogens is 3. The first-order valence-corrected chi connectivity index (χ1v) is 11.1. The van der Waals surface area contributed by atoms with Gasteiger partial charge in [0.05, 0.1) is 18.8 Å². The minimum atomic E-state index is -0.668. The maximum Gasteiger partial charge on any atom is 0.271 e. The van der Waals surface area contributed by atoms with Crippen LogP contribution in [0.4, 0.5) is 8.78 Å². The van der Waals surface area contributed by atoms with Gasteiger partial charge in [0.25, 0.3) is 5.91 Å². The number of hydrogen-bond acceptors (Lipinski definition) is 7. The number of aromatic amines is 1. The highest BCUT2D eigenvalue weighted by Gasteiger charge is 2.22. The standard InChI is InChI=1S/C22H25F2N5O3S/c1-4-25-12-29(7-8-32-3)22(31)19-13(2)20(30)16(11-26-19)21-28-27-18(33-21)9-14-5-6-15(23)10-17(14)24/h5-6,10-11,25H,4,7-9,12H2,1-3H3,(H,26,30). The van der Waals surface area contributed by atoms with E-state index in [4.69, 9.17) is 4.74 Å². The monoisotopic (exact) mass is 477 g/mol. The van der Waals surface area contributed by atoms with Crippen molar-refractivity contribution >= 4 is 17.2 Å². The third-order valence-electron chi connectivity index (χ3n) is 4.99. The molecule has 1 amide bonds. The average molecular weight is 478 g/mol. The molecule has 2 heterocycles. The van der Waals surface area contributed by atoms with Gasteiger partial charge in [-0.25, -0.2) is 8.78 Å². The van der Waals surface area contributed by atoms with E-state index in [2.05, 4.69) is 20.5 Å². The zero-order valence-corrected chi connectivity index (χ0v) is 19.4. The van der Waals surface area contributed by atoms with Gasteiger partial charge in [0, 0.05) is 37.9 Å². The zero-order valence-electron chi connectivity index (χ0n) is 18.6. The number of benzene rings is 1. The molecular formula is C22H25F2N5O3S. The lowest BCUT2D eigenvalue weighted by atomic mass is 10.1. The van der Waals surface area contributed by atoms with E-state index in [0.717, 1.165) is 17.4 Å². The molecule has 2 N–H and O–H groups in total. The number of amides is 1. The van der Waals surface area contributed by atoms with Crippen molar-refractivity contribution in [1.29, 1.82) is 0 Å². The molecule has 0 atom stereocenters. The SMILES string of the molecule is CCNCN(CCOC)C(=O)c1[nH]cc(-c2nnc(Cc3ccc(F)cc3F)s2)c(=O)c1C. The number of carbonyl (C=O) groups is 1. The van der Waals surface area contributed by atoms with Gasteiger partial charge in [-0.1, -0.05) is 24.3 Å². The van der Waals surface area contributed by atoms with E-state index in [-0.39, 0.29) is 40.1 Å². The van der Waals surface area contributed by atoms with Crippen molar-refractivity contribution < 1.29 is 18.3 Å². The van der Waals surface area contributed by atoms with Crippen molar-refractivity contribution in [2.75, 3.05) is 33.5 Å². The third kappa shape index (κ3) is 5.86. The molecule has 0 aliphatic heterocycles. The topological polar surface area (TPSA) is 100 Å². The number of pyridine rings is 1. The van der Waals surface area contributed by atoms with Gasteiger partial charge in [-0.3, -0.25) is 9.59 Å². The second-order valence-corrected chi connectivity index (χ2v) is 8.33. The average Bonchev–Trinajstić information content (AvgIpc) is 3.25. The molecule has 8 nitrogen and oxygen atoms in total. The van der Waals surface area contributed by atoms with Crippen molar-refractivity contribution in [2.24, 2.45) is 0 Å². The van der Waals surface area contributed by atoms with Crippen LogP contribution in [0, 0.1) is 18.6 Å². The largest absolute Gasteiger partial charge is 0.383 e. The molecule has 0 bridgehead atoms. The second-order valence-electron chi connectivity index (χ2n) is 7.27. The van der Waals surface area contributed by atoms with Crippen molar-refractivity contribution in [3.05, 3.63) is 68.1 Å². The van der Waals surface area contributed by atoms with Crippen LogP contribution < -0.4 is 10.7 Å². The molecule has 0 unspecified atom stereocenters. The van der Waals surface area contributed by atoms with Crippen LogP contribution >= 0.6 is 11.3 Å². The number of nitrogens with one attached hydrogen (secondary N) is 2. The summed E-state index contributed by atoms with van der Waals surface area (Å²) in [6, 6.07) is 3.34. The Bertz CT molecular complexity index is 1170. The fourth-order valence-corrected chi connectivity index (χ4v) is 4.01. The molecule has 0 fully saturated rings. The molecule has 176 valence electrons. The van der Waals surface area contributed by atoms with E-state index in [9.17, 15) is 18.4 Å². The zero-order chi connectivity index (χ0) is 24.0. The maximum atomic E-state index is 13.9. The maximum absolute atomic E-state index is 13.9. The van der Waals surface area contributed by atoms with E-state index in [1.165, 1.54) is 18.3 Å². The summed E-state index contributed by atoms with van der Waals surface area (Å²) in [6.45, 7) is 5.24. The molecule has 0 aliphatic rings. The van der Waals surface area contributed by atoms with Gasteiger partial charge in [-0.2, -0.15) is 0 Å². The van der Waals surface area contributed by atoms with E-state index in [1.807, 2.05) is 6.92 Å². The van der Waals surface area contributed by atoms with E-state index >= 15 is 0 Å². The number of H-pyrrole nitrogens is 1. The smallest absolute Gasteiger partial charge is 0.271 e. The lowest BCUT2D eigenvalue weighted by Crippen LogP contribution is -2.42. The second kappa shape index (κ2) is 11.2. The molecule has 0 saturated carbocycles. The Labute approximate surface area is 193 Å². The first-order chi connectivity index (χ1) is 15.8. The van der Waals surface area contributed by atoms with Crippen LogP contribution in [0.5, 0.6) is 0 Å². The van der Waals surface area contributed by atoms with Gasteiger partial charge < -0.3 is 19.9 Å². The third-order valence-corrected chi connectivity index (χ3v) is 5.95. The predicted octanol–water partition coefficient (Wildman–Crippen LogP) is 2.73. The first-order valence-electron chi connectivity index (χ1n) is 10.3. The number of carbonyl (C=O) groups excluding carboxylic acids is 1. The number of methoxy groups -OCH3 is 1. The molecule has 0 radical (unpaired) electrons. The van der Waals surface area contributed by atoms with Crippen LogP contribution in [-0.2, 0) is 11.2 Å². The molecule has 0 saturated heterocycles. The van der Waals surface area contributed by atoms with Gasteiger partial charge >= 0.3 is 0 Å². The van der Waals surface area contributed by atoms with Crippen LogP contribution in [0.2, 0.25) is 0 Å². The highest BCUT2D eigenvalue weighted by atomic mass is 32.1. The minimum Gasteiger partial charge on any atom is -0.383 e. The van der Waals surface area contributed by atoms with Crippen LogP contribution in [0.15, 0.2) is 29.2 Å². The predicted molar refractivity (Wildman–Crippen MR) is 121 cm³/mol. The Morgan fingerprint density at radius 2 is 2.09 bits per heavy atom. The molecule has 11 heteroatoms. The molecule has 3 aromatic rings. The Morgan fingerprint density at radius 3 is 2.79 bits per heavy atom. The Balaban J connectivity index is 1.84. The van der Waals surface area contributed by atoms with E-state index in [1.54, 1.807) is 18.9 Å². The fourth-order valence-electron chi connectivity index (χ4n) is 3.14. The summed E-state index contributed by atoms with van der Waals surface area (Å²) < 4.78 is 32.1. The summed E-state index contributed by atoms with van der Waals surface area (Å²) in [4.78, 5) is 30.5. The molecule has 0 aliphatic carbocycles. The number of ether oxygens (including phenoxy) is 1. The van der Waals surface area contributed by atoms with Gasteiger partial charge in [-0.15, -0.1) is 10.2 Å². The highest BCUT2D eigenvalue weighted by Crippen LogP contribution is 2.24. The Morgan fingerprint density at radius 1 is 1.30 bits per heavy atom. The Hall–Kier alpha value is -3.02. The van der Waals surface area contributed by atoms with Crippen LogP contribution in [0.1, 0.15) is 33.5 Å². The van der Waals surface area contributed by atoms with Crippen molar-refractivity contribution in [1.82, 2.24) is 25.4 Å². The summed E-state index contributed by atoms with van der Waals surface area (Å²) in [7, 11) is 1.55. The quantitative estimate of drug-likeness (QED) is 0.436. The molecule has 33 heavy (non-hydrogen) atoms. The summed E-state index contributed by atoms with van der Waals surface area (Å²) in [6.07, 6.45) is 1.56. The first kappa shape index (κ1) is 24.6. The van der Waals surface area contributed by atoms with Gasteiger partial charge in [0.1, 0.15) is 22.3 Å². The fraction of sp³-hybridized carbons (Fsp3) is 0.364. The van der Waals surface area contributed by atoms with Crippen LogP contribution in [0.3, 0.4) is 0 Å². The molecule has 0 spiro atoms. The number of hydrogen-bond donors (Lipinski definition) is 2. The lowest BCUT2D eigenvalue weighted by Gasteiger charge is -2.23. The Kier molecular flexibility index (Phi) is 8.37. The van der Waals surface area contributed by atoms with Gasteiger partial charge in [0.15, 0.2) is 10.4 Å². The number of nitrogens with zero attached hydrogens (tertiary/aromatic N) is 3. The van der Waals surface area contributed by atoms with Crippen molar-refractivity contribution in [3.8, 4) is 10.6 Å². The van der Waals surface area contributed by atoms with E-state index in [0.29, 0.717) is 36.4 Å². The number of halogens is 2. The summed E-state index contributed by atoms with van der Waals surface area (Å²) in [5.74, 6) is -1.64. The minimum absolute atomic E-state index is 0.121. The van der Waals surface area contributed by atoms with Gasteiger partial charge in [-0.05, 0) is 25.1 Å². The van der Waals surface area contributed by atoms with E-state index < -0.39 is 11.6 Å². The highest BCUT2D eigenvalue weighted by molar-refractivity contribution is 7.14. The summed E-state index contributed by atoms with van der Waals surface area (Å²) >= 11 is 1.13. The summed E-state index contributed by atoms with van der Waals surface area (Å²) in [5, 5.41) is 12.0. The lowest BCUT2D eigenvalue weighted by molar-refractivity contribution is 0.0674. The number of rotatable bonds is 10. The summed E-state index contributed by atoms with van der Waals surface area (Å²) in [5.41, 5.74) is 0.654. The van der Waals surface area contributed by atoms with Gasteiger partial charge in [0.2, 0.25) is 0 Å². The van der Waals surface area contributed by atoms with Crippen LogP contribution in [-0.4, -0.2) is 59.5 Å². The molecular weight excluding hydrogens is 452 g/mol.